The third-order valence-corrected chi connectivity index (χ3v) is 5.85. The zero-order valence-electron chi connectivity index (χ0n) is 17.2. The van der Waals surface area contributed by atoms with Crippen molar-refractivity contribution in [3.05, 3.63) is 65.5 Å². The Kier molecular flexibility index (Phi) is 6.31. The molecule has 0 N–H and O–H groups in total. The number of amides is 1. The average molecular weight is 410 g/mol. The fraction of sp³-hybridized carbons (Fsp3) is 0.417. The summed E-state index contributed by atoms with van der Waals surface area (Å²) in [4.78, 5) is 20.7. The maximum Gasteiger partial charge on any atom is 0.226 e. The Morgan fingerprint density at radius 2 is 2.00 bits per heavy atom. The van der Waals surface area contributed by atoms with E-state index in [1.807, 2.05) is 35.2 Å². The number of nitrogens with zero attached hydrogens (tertiary/aromatic N) is 2. The summed E-state index contributed by atoms with van der Waals surface area (Å²) in [6, 6.07) is 14.1. The molecule has 2 aliphatic rings. The zero-order chi connectivity index (χ0) is 20.9. The van der Waals surface area contributed by atoms with Gasteiger partial charge in [-0.2, -0.15) is 0 Å². The Labute approximate surface area is 176 Å². The third-order valence-electron chi connectivity index (χ3n) is 5.85. The van der Waals surface area contributed by atoms with Crippen molar-refractivity contribution in [3.8, 4) is 5.75 Å². The molecule has 2 aromatic rings. The van der Waals surface area contributed by atoms with E-state index in [2.05, 4.69) is 5.16 Å². The number of hydrogen-bond donors (Lipinski definition) is 0. The van der Waals surface area contributed by atoms with Gasteiger partial charge in [-0.3, -0.25) is 4.79 Å². The second-order valence-electron chi connectivity index (χ2n) is 8.00. The van der Waals surface area contributed by atoms with Crippen LogP contribution in [0.3, 0.4) is 0 Å². The predicted octanol–water partition coefficient (Wildman–Crippen LogP) is 4.55. The summed E-state index contributed by atoms with van der Waals surface area (Å²) in [6.45, 7) is 0.797. The molecule has 1 heterocycles. The summed E-state index contributed by atoms with van der Waals surface area (Å²) in [5.41, 5.74) is 2.50. The first-order valence-corrected chi connectivity index (χ1v) is 10.5. The van der Waals surface area contributed by atoms with Crippen LogP contribution in [0.15, 0.2) is 53.7 Å². The van der Waals surface area contributed by atoms with E-state index >= 15 is 0 Å². The summed E-state index contributed by atoms with van der Waals surface area (Å²) >= 11 is 0. The van der Waals surface area contributed by atoms with Crippen molar-refractivity contribution in [2.24, 2.45) is 11.1 Å². The van der Waals surface area contributed by atoms with Crippen LogP contribution in [-0.2, 0) is 16.2 Å². The molecule has 0 radical (unpaired) electrons. The lowest BCUT2D eigenvalue weighted by atomic mass is 10.0. The van der Waals surface area contributed by atoms with E-state index in [1.54, 1.807) is 13.2 Å². The van der Waals surface area contributed by atoms with Crippen LogP contribution < -0.4 is 4.74 Å². The van der Waals surface area contributed by atoms with E-state index in [4.69, 9.17) is 9.57 Å². The van der Waals surface area contributed by atoms with E-state index in [-0.39, 0.29) is 23.7 Å². The van der Waals surface area contributed by atoms with Gasteiger partial charge in [-0.05, 0) is 42.7 Å². The number of methoxy groups -OCH3 is 1. The first-order chi connectivity index (χ1) is 14.6. The van der Waals surface area contributed by atoms with E-state index in [0.717, 1.165) is 48.3 Å². The molecule has 30 heavy (non-hydrogen) atoms. The molecule has 158 valence electrons. The minimum Gasteiger partial charge on any atom is -0.496 e. The summed E-state index contributed by atoms with van der Waals surface area (Å²) < 4.78 is 19.1. The molecule has 2 aromatic carbocycles. The van der Waals surface area contributed by atoms with Gasteiger partial charge in [0.1, 0.15) is 11.6 Å². The van der Waals surface area contributed by atoms with Crippen LogP contribution in [0.2, 0.25) is 0 Å². The number of oxime groups is 1. The Balaban J connectivity index is 1.47. The largest absolute Gasteiger partial charge is 0.496 e. The van der Waals surface area contributed by atoms with Gasteiger partial charge in [-0.25, -0.2) is 4.39 Å². The van der Waals surface area contributed by atoms with Gasteiger partial charge in [0.15, 0.2) is 6.10 Å². The maximum absolute atomic E-state index is 13.7. The van der Waals surface area contributed by atoms with Gasteiger partial charge >= 0.3 is 0 Å². The molecule has 0 spiro atoms. The standard InChI is InChI=1S/C24H27FN2O3/c1-29-23-12-5-4-11-21(23)22-14-20(30-26-22)16-27(24(28)18-8-2-3-9-18)15-17-7-6-10-19(25)13-17/h4-7,10-13,18,20H,2-3,8-9,14-16H2,1H3/t20-/m0/s1. The van der Waals surface area contributed by atoms with Crippen molar-refractivity contribution in [2.75, 3.05) is 13.7 Å². The highest BCUT2D eigenvalue weighted by atomic mass is 19.1. The summed E-state index contributed by atoms with van der Waals surface area (Å²) in [7, 11) is 1.63. The van der Waals surface area contributed by atoms with Crippen LogP contribution in [0.5, 0.6) is 5.75 Å². The van der Waals surface area contributed by atoms with Gasteiger partial charge < -0.3 is 14.5 Å². The summed E-state index contributed by atoms with van der Waals surface area (Å²) in [5.74, 6) is 0.638. The van der Waals surface area contributed by atoms with Crippen molar-refractivity contribution >= 4 is 11.6 Å². The molecule has 1 fully saturated rings. The second-order valence-corrected chi connectivity index (χ2v) is 8.00. The molecule has 4 rings (SSSR count). The molecule has 1 atom stereocenters. The number of hydrogen-bond acceptors (Lipinski definition) is 4. The van der Waals surface area contributed by atoms with Crippen molar-refractivity contribution in [1.82, 2.24) is 4.90 Å². The quantitative estimate of drug-likeness (QED) is 0.673. The topological polar surface area (TPSA) is 51.1 Å². The SMILES string of the molecule is COc1ccccc1C1=NO[C@H](CN(Cc2cccc(F)c2)C(=O)C2CCCC2)C1. The monoisotopic (exact) mass is 410 g/mol. The van der Waals surface area contributed by atoms with E-state index in [1.165, 1.54) is 12.1 Å². The molecule has 1 amide bonds. The van der Waals surface area contributed by atoms with Crippen LogP contribution in [0.1, 0.15) is 43.2 Å². The molecule has 0 bridgehead atoms. The molecule has 0 saturated heterocycles. The van der Waals surface area contributed by atoms with Crippen LogP contribution in [0, 0.1) is 11.7 Å². The van der Waals surface area contributed by atoms with E-state index in [9.17, 15) is 9.18 Å². The molecule has 5 nitrogen and oxygen atoms in total. The lowest BCUT2D eigenvalue weighted by molar-refractivity contribution is -0.137. The minimum atomic E-state index is -0.292. The van der Waals surface area contributed by atoms with Crippen LogP contribution >= 0.6 is 0 Å². The van der Waals surface area contributed by atoms with Crippen LogP contribution in [0.4, 0.5) is 4.39 Å². The second kappa shape index (κ2) is 9.28. The molecular formula is C24H27FN2O3. The number of ether oxygens (including phenoxy) is 1. The molecular weight excluding hydrogens is 383 g/mol. The predicted molar refractivity (Wildman–Crippen MR) is 113 cm³/mol. The first-order valence-electron chi connectivity index (χ1n) is 10.5. The Morgan fingerprint density at radius 3 is 2.77 bits per heavy atom. The van der Waals surface area contributed by atoms with Gasteiger partial charge in [0, 0.05) is 24.4 Å². The normalized spacial score (nSPS) is 18.7. The van der Waals surface area contributed by atoms with Crippen molar-refractivity contribution < 1.29 is 18.8 Å². The van der Waals surface area contributed by atoms with Gasteiger partial charge in [0.25, 0.3) is 0 Å². The van der Waals surface area contributed by atoms with E-state index < -0.39 is 0 Å². The molecule has 0 unspecified atom stereocenters. The maximum atomic E-state index is 13.7. The first kappa shape index (κ1) is 20.4. The number of carbonyl (C=O) groups excluding carboxylic acids is 1. The number of rotatable bonds is 7. The highest BCUT2D eigenvalue weighted by Crippen LogP contribution is 2.29. The highest BCUT2D eigenvalue weighted by molar-refractivity contribution is 6.03. The average Bonchev–Trinajstić information content (AvgIpc) is 3.45. The van der Waals surface area contributed by atoms with Crippen LogP contribution in [0.25, 0.3) is 0 Å². The van der Waals surface area contributed by atoms with E-state index in [0.29, 0.717) is 19.5 Å². The van der Waals surface area contributed by atoms with Crippen LogP contribution in [-0.4, -0.2) is 36.3 Å². The summed E-state index contributed by atoms with van der Waals surface area (Å²) in [6.07, 6.45) is 4.39. The minimum absolute atomic E-state index is 0.0505. The lowest BCUT2D eigenvalue weighted by Crippen LogP contribution is -2.40. The number of benzene rings is 2. The number of para-hydroxylation sites is 1. The van der Waals surface area contributed by atoms with Gasteiger partial charge in [-0.15, -0.1) is 0 Å². The zero-order valence-corrected chi connectivity index (χ0v) is 17.2. The fourth-order valence-corrected chi connectivity index (χ4v) is 4.33. The smallest absolute Gasteiger partial charge is 0.226 e. The lowest BCUT2D eigenvalue weighted by Gasteiger charge is -2.27. The third kappa shape index (κ3) is 4.64. The number of halogens is 1. The molecule has 1 aliphatic carbocycles. The van der Waals surface area contributed by atoms with Gasteiger partial charge in [0.2, 0.25) is 5.91 Å². The number of carbonyl (C=O) groups is 1. The Bertz CT molecular complexity index is 924. The summed E-state index contributed by atoms with van der Waals surface area (Å²) in [5, 5.41) is 4.27. The molecule has 1 aliphatic heterocycles. The molecule has 0 aromatic heterocycles. The van der Waals surface area contributed by atoms with Crippen molar-refractivity contribution in [3.63, 3.8) is 0 Å². The molecule has 1 saturated carbocycles. The van der Waals surface area contributed by atoms with Crippen molar-refractivity contribution in [1.29, 1.82) is 0 Å². The van der Waals surface area contributed by atoms with Gasteiger partial charge in [-0.1, -0.05) is 42.3 Å². The molecule has 6 heteroatoms. The Morgan fingerprint density at radius 1 is 1.20 bits per heavy atom. The Hall–Kier alpha value is -2.89. The fourth-order valence-electron chi connectivity index (χ4n) is 4.33. The highest BCUT2D eigenvalue weighted by Gasteiger charge is 2.32. The van der Waals surface area contributed by atoms with Crippen molar-refractivity contribution in [2.45, 2.75) is 44.8 Å². The van der Waals surface area contributed by atoms with Gasteiger partial charge in [0.05, 0.1) is 19.4 Å².